The SMILES string of the molecule is CCOC(=O)[C@@H](CC(C)C)NC(=O)[C@@H](Cc1ccccc1)NC(=O)OC(C)(C)C. The molecule has 2 atom stereocenters. The van der Waals surface area contributed by atoms with E-state index < -0.39 is 35.7 Å². The molecule has 162 valence electrons. The number of nitrogens with one attached hydrogen (secondary N) is 2. The first-order valence-electron chi connectivity index (χ1n) is 10.0. The van der Waals surface area contributed by atoms with Crippen molar-refractivity contribution in [3.05, 3.63) is 35.9 Å². The highest BCUT2D eigenvalue weighted by Crippen LogP contribution is 2.11. The van der Waals surface area contributed by atoms with Crippen LogP contribution in [0, 0.1) is 5.92 Å². The zero-order valence-corrected chi connectivity index (χ0v) is 18.3. The highest BCUT2D eigenvalue weighted by Gasteiger charge is 2.29. The molecule has 0 spiro atoms. The number of benzene rings is 1. The van der Waals surface area contributed by atoms with Crippen LogP contribution < -0.4 is 10.6 Å². The Morgan fingerprint density at radius 3 is 2.14 bits per heavy atom. The molecule has 0 aliphatic carbocycles. The first-order chi connectivity index (χ1) is 13.5. The summed E-state index contributed by atoms with van der Waals surface area (Å²) in [5, 5.41) is 5.36. The molecule has 29 heavy (non-hydrogen) atoms. The fourth-order valence-corrected chi connectivity index (χ4v) is 2.71. The van der Waals surface area contributed by atoms with Gasteiger partial charge in [-0.15, -0.1) is 0 Å². The average molecular weight is 407 g/mol. The van der Waals surface area contributed by atoms with Gasteiger partial charge < -0.3 is 20.1 Å². The zero-order chi connectivity index (χ0) is 22.0. The summed E-state index contributed by atoms with van der Waals surface area (Å²) >= 11 is 0. The van der Waals surface area contributed by atoms with Crippen LogP contribution in [0.3, 0.4) is 0 Å². The van der Waals surface area contributed by atoms with E-state index in [4.69, 9.17) is 9.47 Å². The average Bonchev–Trinajstić information content (AvgIpc) is 2.59. The van der Waals surface area contributed by atoms with Gasteiger partial charge in [-0.05, 0) is 45.6 Å². The normalized spacial score (nSPS) is 13.3. The number of amides is 2. The van der Waals surface area contributed by atoms with E-state index in [1.54, 1.807) is 27.7 Å². The molecule has 2 amide bonds. The molecule has 1 aromatic rings. The summed E-state index contributed by atoms with van der Waals surface area (Å²) in [5.41, 5.74) is 0.184. The second-order valence-electron chi connectivity index (χ2n) is 8.33. The van der Waals surface area contributed by atoms with Crippen LogP contribution in [0.15, 0.2) is 30.3 Å². The first kappa shape index (κ1) is 24.5. The van der Waals surface area contributed by atoms with Gasteiger partial charge in [0.2, 0.25) is 5.91 Å². The van der Waals surface area contributed by atoms with E-state index in [-0.39, 0.29) is 18.9 Å². The molecule has 0 saturated carbocycles. The molecule has 0 bridgehead atoms. The molecule has 0 aliphatic heterocycles. The zero-order valence-electron chi connectivity index (χ0n) is 18.3. The van der Waals surface area contributed by atoms with Crippen molar-refractivity contribution in [3.63, 3.8) is 0 Å². The Morgan fingerprint density at radius 2 is 1.62 bits per heavy atom. The number of esters is 1. The Balaban J connectivity index is 2.97. The molecule has 0 aromatic heterocycles. The highest BCUT2D eigenvalue weighted by molar-refractivity contribution is 5.90. The van der Waals surface area contributed by atoms with Crippen LogP contribution in [0.2, 0.25) is 0 Å². The summed E-state index contributed by atoms with van der Waals surface area (Å²) in [5.74, 6) is -0.764. The third kappa shape index (κ3) is 9.96. The molecule has 0 heterocycles. The van der Waals surface area contributed by atoms with Gasteiger partial charge in [0, 0.05) is 6.42 Å². The Bertz CT molecular complexity index is 668. The molecular weight excluding hydrogens is 372 g/mol. The minimum Gasteiger partial charge on any atom is -0.464 e. The first-order valence-corrected chi connectivity index (χ1v) is 10.0. The van der Waals surface area contributed by atoms with Crippen LogP contribution in [0.5, 0.6) is 0 Å². The highest BCUT2D eigenvalue weighted by atomic mass is 16.6. The number of hydrogen-bond acceptors (Lipinski definition) is 5. The van der Waals surface area contributed by atoms with Gasteiger partial charge in [0.25, 0.3) is 0 Å². The van der Waals surface area contributed by atoms with Crippen molar-refractivity contribution in [1.29, 1.82) is 0 Å². The van der Waals surface area contributed by atoms with Gasteiger partial charge in [-0.3, -0.25) is 4.79 Å². The fourth-order valence-electron chi connectivity index (χ4n) is 2.71. The van der Waals surface area contributed by atoms with Crippen LogP contribution in [-0.2, 0) is 25.5 Å². The Hall–Kier alpha value is -2.57. The molecule has 1 rings (SSSR count). The van der Waals surface area contributed by atoms with Gasteiger partial charge in [0.15, 0.2) is 0 Å². The lowest BCUT2D eigenvalue weighted by atomic mass is 10.0. The number of alkyl carbamates (subject to hydrolysis) is 1. The molecular formula is C22H34N2O5. The van der Waals surface area contributed by atoms with Crippen molar-refractivity contribution in [3.8, 4) is 0 Å². The van der Waals surface area contributed by atoms with Crippen LogP contribution in [0.25, 0.3) is 0 Å². The largest absolute Gasteiger partial charge is 0.464 e. The van der Waals surface area contributed by atoms with Crippen molar-refractivity contribution in [2.75, 3.05) is 6.61 Å². The van der Waals surface area contributed by atoms with Gasteiger partial charge >= 0.3 is 12.1 Å². The van der Waals surface area contributed by atoms with Gasteiger partial charge in [0.1, 0.15) is 17.7 Å². The van der Waals surface area contributed by atoms with Gasteiger partial charge in [-0.1, -0.05) is 44.2 Å². The maximum absolute atomic E-state index is 13.0. The summed E-state index contributed by atoms with van der Waals surface area (Å²) in [6, 6.07) is 7.66. The Morgan fingerprint density at radius 1 is 1.00 bits per heavy atom. The van der Waals surface area contributed by atoms with E-state index in [9.17, 15) is 14.4 Å². The summed E-state index contributed by atoms with van der Waals surface area (Å²) < 4.78 is 10.4. The maximum atomic E-state index is 13.0. The minimum atomic E-state index is -0.892. The van der Waals surface area contributed by atoms with Gasteiger partial charge in [-0.25, -0.2) is 9.59 Å². The molecule has 0 unspecified atom stereocenters. The van der Waals surface area contributed by atoms with Gasteiger partial charge in [-0.2, -0.15) is 0 Å². The van der Waals surface area contributed by atoms with E-state index >= 15 is 0 Å². The third-order valence-electron chi connectivity index (χ3n) is 3.88. The molecule has 2 N–H and O–H groups in total. The van der Waals surface area contributed by atoms with Crippen molar-refractivity contribution < 1.29 is 23.9 Å². The van der Waals surface area contributed by atoms with Crippen LogP contribution in [0.4, 0.5) is 4.79 Å². The molecule has 0 radical (unpaired) electrons. The number of carbonyl (C=O) groups is 3. The topological polar surface area (TPSA) is 93.7 Å². The summed E-state index contributed by atoms with van der Waals surface area (Å²) in [4.78, 5) is 37.5. The number of carbonyl (C=O) groups excluding carboxylic acids is 3. The van der Waals surface area contributed by atoms with E-state index in [0.29, 0.717) is 6.42 Å². The second kappa shape index (κ2) is 11.4. The molecule has 0 saturated heterocycles. The number of hydrogen-bond donors (Lipinski definition) is 2. The second-order valence-corrected chi connectivity index (χ2v) is 8.33. The predicted molar refractivity (Wildman–Crippen MR) is 111 cm³/mol. The summed E-state index contributed by atoms with van der Waals surface area (Å²) in [6.07, 6.45) is 0.0169. The molecule has 7 heteroatoms. The van der Waals surface area contributed by atoms with Gasteiger partial charge in [0.05, 0.1) is 6.61 Å². The fraction of sp³-hybridized carbons (Fsp3) is 0.591. The Labute approximate surface area is 173 Å². The molecule has 7 nitrogen and oxygen atoms in total. The van der Waals surface area contributed by atoms with E-state index in [2.05, 4.69) is 10.6 Å². The minimum absolute atomic E-state index is 0.177. The molecule has 1 aromatic carbocycles. The quantitative estimate of drug-likeness (QED) is 0.614. The van der Waals surface area contributed by atoms with E-state index in [1.165, 1.54) is 0 Å². The third-order valence-corrected chi connectivity index (χ3v) is 3.88. The standard InChI is InChI=1S/C22H34N2O5/c1-7-28-20(26)18(13-15(2)3)23-19(25)17(14-16-11-9-8-10-12-16)24-21(27)29-22(4,5)6/h8-12,15,17-18H,7,13-14H2,1-6H3,(H,23,25)(H,24,27)/t17-,18-/m1/s1. The van der Waals surface area contributed by atoms with E-state index in [0.717, 1.165) is 5.56 Å². The van der Waals surface area contributed by atoms with Crippen LogP contribution in [-0.4, -0.2) is 42.3 Å². The number of rotatable bonds is 9. The lowest BCUT2D eigenvalue weighted by Gasteiger charge is -2.25. The van der Waals surface area contributed by atoms with Crippen LogP contribution in [0.1, 0.15) is 53.5 Å². The Kier molecular flexibility index (Phi) is 9.65. The monoisotopic (exact) mass is 406 g/mol. The molecule has 0 aliphatic rings. The lowest BCUT2D eigenvalue weighted by Crippen LogP contribution is -2.53. The number of ether oxygens (including phenoxy) is 2. The lowest BCUT2D eigenvalue weighted by molar-refractivity contribution is -0.148. The van der Waals surface area contributed by atoms with Crippen molar-refractivity contribution in [2.24, 2.45) is 5.92 Å². The predicted octanol–water partition coefficient (Wildman–Crippen LogP) is 3.22. The van der Waals surface area contributed by atoms with E-state index in [1.807, 2.05) is 44.2 Å². The van der Waals surface area contributed by atoms with Crippen LogP contribution >= 0.6 is 0 Å². The smallest absolute Gasteiger partial charge is 0.408 e. The van der Waals surface area contributed by atoms with Crippen molar-refractivity contribution in [1.82, 2.24) is 10.6 Å². The summed E-state index contributed by atoms with van der Waals surface area (Å²) in [6.45, 7) is 11.1. The van der Waals surface area contributed by atoms with Crippen molar-refractivity contribution >= 4 is 18.0 Å². The maximum Gasteiger partial charge on any atom is 0.408 e. The summed E-state index contributed by atoms with van der Waals surface area (Å²) in [7, 11) is 0. The van der Waals surface area contributed by atoms with Crippen molar-refractivity contribution in [2.45, 2.75) is 72.1 Å². The molecule has 0 fully saturated rings.